The van der Waals surface area contributed by atoms with Crippen LogP contribution in [0.1, 0.15) is 44.1 Å². The number of ether oxygens (including phenoxy) is 1. The molecule has 2 aromatic rings. The summed E-state index contributed by atoms with van der Waals surface area (Å²) >= 11 is 0. The van der Waals surface area contributed by atoms with Crippen molar-refractivity contribution >= 4 is 0 Å². The predicted molar refractivity (Wildman–Crippen MR) is 99.9 cm³/mol. The van der Waals surface area contributed by atoms with Crippen LogP contribution in [-0.4, -0.2) is 40.1 Å². The van der Waals surface area contributed by atoms with Crippen molar-refractivity contribution in [3.63, 3.8) is 0 Å². The first-order valence-electron chi connectivity index (χ1n) is 9.89. The van der Waals surface area contributed by atoms with Crippen LogP contribution < -0.4 is 4.74 Å². The summed E-state index contributed by atoms with van der Waals surface area (Å²) < 4.78 is 43.9. The molecule has 2 fully saturated rings. The topological polar surface area (TPSA) is 38.2 Å². The number of nitrogens with zero attached hydrogens (tertiary/aromatic N) is 3. The summed E-state index contributed by atoms with van der Waals surface area (Å²) in [5, 5.41) is 0. The average Bonchev–Trinajstić information content (AvgIpc) is 3.23. The van der Waals surface area contributed by atoms with Crippen LogP contribution in [0.5, 0.6) is 6.01 Å². The first-order chi connectivity index (χ1) is 13.5. The molecule has 0 unspecified atom stereocenters. The minimum absolute atomic E-state index is 0.120. The van der Waals surface area contributed by atoms with E-state index >= 15 is 0 Å². The second-order valence-electron chi connectivity index (χ2n) is 7.62. The van der Waals surface area contributed by atoms with E-state index in [1.165, 1.54) is 37.8 Å². The van der Waals surface area contributed by atoms with E-state index < -0.39 is 11.7 Å². The molecule has 4 rings (SSSR count). The Balaban J connectivity index is 1.32. The molecule has 1 aliphatic heterocycles. The number of alkyl halides is 3. The molecule has 7 heteroatoms. The number of rotatable bonds is 4. The van der Waals surface area contributed by atoms with Gasteiger partial charge in [0.2, 0.25) is 0 Å². The molecule has 0 spiro atoms. The van der Waals surface area contributed by atoms with Gasteiger partial charge in [-0.15, -0.1) is 0 Å². The van der Waals surface area contributed by atoms with E-state index in [9.17, 15) is 13.2 Å². The number of likely N-dealkylation sites (tertiary alicyclic amines) is 1. The Morgan fingerprint density at radius 3 is 2.04 bits per heavy atom. The highest BCUT2D eigenvalue weighted by Crippen LogP contribution is 2.31. The molecular weight excluding hydrogens is 367 g/mol. The molecule has 4 nitrogen and oxygen atoms in total. The monoisotopic (exact) mass is 391 g/mol. The lowest BCUT2D eigenvalue weighted by Gasteiger charge is -2.35. The van der Waals surface area contributed by atoms with Gasteiger partial charge in [0.1, 0.15) is 6.10 Å². The van der Waals surface area contributed by atoms with Gasteiger partial charge in [-0.05, 0) is 43.4 Å². The van der Waals surface area contributed by atoms with E-state index in [1.807, 2.05) is 0 Å². The summed E-state index contributed by atoms with van der Waals surface area (Å²) in [7, 11) is 0. The summed E-state index contributed by atoms with van der Waals surface area (Å²) in [6.07, 6.45) is 6.26. The number of hydrogen-bond donors (Lipinski definition) is 0. The molecule has 1 saturated heterocycles. The summed E-state index contributed by atoms with van der Waals surface area (Å²) in [6.45, 7) is 2.11. The molecule has 0 radical (unpaired) electrons. The van der Waals surface area contributed by atoms with Gasteiger partial charge in [0, 0.05) is 37.1 Å². The highest BCUT2D eigenvalue weighted by molar-refractivity contribution is 5.61. The molecule has 1 saturated carbocycles. The normalized spacial score (nSPS) is 19.8. The molecule has 0 amide bonds. The summed E-state index contributed by atoms with van der Waals surface area (Å²) in [6, 6.07) is 6.08. The van der Waals surface area contributed by atoms with Gasteiger partial charge in [0.15, 0.2) is 0 Å². The third-order valence-corrected chi connectivity index (χ3v) is 5.76. The smallest absolute Gasteiger partial charge is 0.416 e. The van der Waals surface area contributed by atoms with Crippen molar-refractivity contribution in [1.82, 2.24) is 14.9 Å². The molecule has 1 aliphatic carbocycles. The van der Waals surface area contributed by atoms with E-state index in [4.69, 9.17) is 4.74 Å². The van der Waals surface area contributed by atoms with Crippen LogP contribution in [0.25, 0.3) is 11.1 Å². The third-order valence-electron chi connectivity index (χ3n) is 5.76. The minimum Gasteiger partial charge on any atom is -0.460 e. The van der Waals surface area contributed by atoms with Crippen LogP contribution in [-0.2, 0) is 6.18 Å². The van der Waals surface area contributed by atoms with Gasteiger partial charge in [-0.25, -0.2) is 9.97 Å². The van der Waals surface area contributed by atoms with Gasteiger partial charge in [-0.2, -0.15) is 13.2 Å². The van der Waals surface area contributed by atoms with E-state index in [0.29, 0.717) is 17.1 Å². The molecule has 1 aromatic heterocycles. The van der Waals surface area contributed by atoms with Crippen molar-refractivity contribution in [2.45, 2.75) is 56.8 Å². The molecule has 0 bridgehead atoms. The summed E-state index contributed by atoms with van der Waals surface area (Å²) in [5.74, 6) is 0. The van der Waals surface area contributed by atoms with Crippen LogP contribution >= 0.6 is 0 Å². The molecule has 150 valence electrons. The van der Waals surface area contributed by atoms with Gasteiger partial charge < -0.3 is 9.64 Å². The Kier molecular flexibility index (Phi) is 5.53. The maximum absolute atomic E-state index is 12.7. The average molecular weight is 391 g/mol. The Morgan fingerprint density at radius 1 is 0.857 bits per heavy atom. The highest BCUT2D eigenvalue weighted by Gasteiger charge is 2.30. The van der Waals surface area contributed by atoms with E-state index in [2.05, 4.69) is 14.9 Å². The summed E-state index contributed by atoms with van der Waals surface area (Å²) in [4.78, 5) is 11.1. The van der Waals surface area contributed by atoms with Gasteiger partial charge in [0.05, 0.1) is 5.56 Å². The molecule has 0 N–H and O–H groups in total. The lowest BCUT2D eigenvalue weighted by atomic mass is 10.0. The summed E-state index contributed by atoms with van der Waals surface area (Å²) in [5.41, 5.74) is 0.641. The molecule has 0 atom stereocenters. The quantitative estimate of drug-likeness (QED) is 0.739. The maximum atomic E-state index is 12.7. The Morgan fingerprint density at radius 2 is 1.46 bits per heavy atom. The van der Waals surface area contributed by atoms with Gasteiger partial charge in [0.25, 0.3) is 0 Å². The zero-order valence-corrected chi connectivity index (χ0v) is 15.7. The first kappa shape index (κ1) is 19.2. The lowest BCUT2D eigenvalue weighted by Crippen LogP contribution is -2.43. The second kappa shape index (κ2) is 8.07. The number of benzene rings is 1. The van der Waals surface area contributed by atoms with Crippen molar-refractivity contribution < 1.29 is 17.9 Å². The highest BCUT2D eigenvalue weighted by atomic mass is 19.4. The largest absolute Gasteiger partial charge is 0.460 e. The maximum Gasteiger partial charge on any atom is 0.416 e. The molecule has 28 heavy (non-hydrogen) atoms. The lowest BCUT2D eigenvalue weighted by molar-refractivity contribution is -0.137. The van der Waals surface area contributed by atoms with E-state index in [1.54, 1.807) is 12.4 Å². The second-order valence-corrected chi connectivity index (χ2v) is 7.62. The fraction of sp³-hybridized carbons (Fsp3) is 0.524. The zero-order valence-electron chi connectivity index (χ0n) is 15.7. The Labute approximate surface area is 162 Å². The first-order valence-corrected chi connectivity index (χ1v) is 9.89. The van der Waals surface area contributed by atoms with Crippen molar-refractivity contribution in [2.75, 3.05) is 13.1 Å². The minimum atomic E-state index is -4.33. The third kappa shape index (κ3) is 4.46. The molecule has 2 heterocycles. The van der Waals surface area contributed by atoms with Crippen LogP contribution in [0.4, 0.5) is 13.2 Å². The predicted octanol–water partition coefficient (Wildman–Crippen LogP) is 4.95. The fourth-order valence-corrected chi connectivity index (χ4v) is 4.16. The molecule has 2 aliphatic rings. The number of hydrogen-bond acceptors (Lipinski definition) is 4. The van der Waals surface area contributed by atoms with Crippen molar-refractivity contribution in [2.24, 2.45) is 0 Å². The van der Waals surface area contributed by atoms with E-state index in [-0.39, 0.29) is 6.10 Å². The van der Waals surface area contributed by atoms with Gasteiger partial charge in [-0.3, -0.25) is 0 Å². The van der Waals surface area contributed by atoms with Crippen LogP contribution in [0, 0.1) is 0 Å². The Hall–Kier alpha value is -2.15. The van der Waals surface area contributed by atoms with Gasteiger partial charge >= 0.3 is 12.2 Å². The number of piperidine rings is 1. The van der Waals surface area contributed by atoms with Crippen LogP contribution in [0.15, 0.2) is 36.7 Å². The van der Waals surface area contributed by atoms with Crippen molar-refractivity contribution in [3.8, 4) is 17.1 Å². The van der Waals surface area contributed by atoms with Crippen LogP contribution in [0.2, 0.25) is 0 Å². The van der Waals surface area contributed by atoms with Crippen molar-refractivity contribution in [1.29, 1.82) is 0 Å². The van der Waals surface area contributed by atoms with Crippen molar-refractivity contribution in [3.05, 3.63) is 42.2 Å². The standard InChI is InChI=1S/C21H24F3N3O/c22-21(23,24)17-7-5-15(6-8-17)16-13-25-20(26-14-16)28-19-9-11-27(12-10-19)18-3-1-2-4-18/h5-8,13-14,18-19H,1-4,9-12H2. The van der Waals surface area contributed by atoms with Gasteiger partial charge in [-0.1, -0.05) is 25.0 Å². The zero-order chi connectivity index (χ0) is 19.6. The number of aromatic nitrogens is 2. The SMILES string of the molecule is FC(F)(F)c1ccc(-c2cnc(OC3CCN(C4CCCC4)CC3)nc2)cc1. The fourth-order valence-electron chi connectivity index (χ4n) is 4.16. The molecular formula is C21H24F3N3O. The molecule has 1 aromatic carbocycles. The Bertz CT molecular complexity index is 763. The number of halogens is 3. The van der Waals surface area contributed by atoms with Crippen LogP contribution in [0.3, 0.4) is 0 Å². The van der Waals surface area contributed by atoms with E-state index in [0.717, 1.165) is 44.1 Å².